The number of likely N-dealkylation sites (tertiary alicyclic amines) is 1. The van der Waals surface area contributed by atoms with E-state index in [1.807, 2.05) is 30.3 Å². The lowest BCUT2D eigenvalue weighted by Crippen LogP contribution is -2.42. The summed E-state index contributed by atoms with van der Waals surface area (Å²) in [6, 6.07) is 9.57. The van der Waals surface area contributed by atoms with Crippen LogP contribution in [0.3, 0.4) is 0 Å². The second-order valence-corrected chi connectivity index (χ2v) is 8.77. The van der Waals surface area contributed by atoms with Crippen LogP contribution in [-0.2, 0) is 11.3 Å². The first-order valence-electron chi connectivity index (χ1n) is 8.23. The number of halogens is 3. The second kappa shape index (κ2) is 7.73. The fraction of sp³-hybridized carbons (Fsp3) is 0.611. The van der Waals surface area contributed by atoms with Crippen LogP contribution in [0.25, 0.3) is 0 Å². The molecule has 0 N–H and O–H groups in total. The van der Waals surface area contributed by atoms with Crippen molar-refractivity contribution in [2.24, 2.45) is 5.92 Å². The monoisotopic (exact) mass is 466 g/mol. The molecule has 1 aliphatic rings. The highest BCUT2D eigenvalue weighted by Crippen LogP contribution is 2.42. The summed E-state index contributed by atoms with van der Waals surface area (Å²) in [7, 11) is 1.51. The van der Waals surface area contributed by atoms with Crippen LogP contribution in [0.4, 0.5) is 13.6 Å². The predicted octanol–water partition coefficient (Wildman–Crippen LogP) is 4.38. The van der Waals surface area contributed by atoms with Gasteiger partial charge in [0.05, 0.1) is 16.5 Å². The molecular weight excluding hydrogens is 441 g/mol. The maximum absolute atomic E-state index is 14.5. The van der Waals surface area contributed by atoms with Crippen molar-refractivity contribution >= 4 is 28.7 Å². The Kier molecular flexibility index (Phi) is 6.30. The first-order chi connectivity index (χ1) is 11.5. The van der Waals surface area contributed by atoms with Gasteiger partial charge in [-0.05, 0) is 26.3 Å². The van der Waals surface area contributed by atoms with E-state index in [2.05, 4.69) is 22.6 Å². The van der Waals surface area contributed by atoms with Gasteiger partial charge in [0.1, 0.15) is 5.60 Å². The maximum atomic E-state index is 14.5. The third-order valence-electron chi connectivity index (χ3n) is 4.04. The van der Waals surface area contributed by atoms with Crippen molar-refractivity contribution in [2.75, 3.05) is 20.1 Å². The van der Waals surface area contributed by atoms with Crippen LogP contribution < -0.4 is 0 Å². The molecule has 25 heavy (non-hydrogen) atoms. The summed E-state index contributed by atoms with van der Waals surface area (Å²) in [5, 5.41) is 0. The molecule has 0 saturated carbocycles. The van der Waals surface area contributed by atoms with E-state index in [0.29, 0.717) is 6.54 Å². The van der Waals surface area contributed by atoms with Gasteiger partial charge in [-0.2, -0.15) is 0 Å². The van der Waals surface area contributed by atoms with Gasteiger partial charge in [0, 0.05) is 20.1 Å². The molecule has 2 rings (SSSR count). The van der Waals surface area contributed by atoms with Crippen molar-refractivity contribution in [3.8, 4) is 0 Å². The Hall–Kier alpha value is -0.960. The molecule has 1 aromatic carbocycles. The molecule has 1 aliphatic heterocycles. The van der Waals surface area contributed by atoms with Crippen molar-refractivity contribution in [3.63, 3.8) is 0 Å². The minimum Gasteiger partial charge on any atom is -0.444 e. The molecule has 0 radical (unpaired) electrons. The first kappa shape index (κ1) is 20.4. The van der Waals surface area contributed by atoms with Gasteiger partial charge in [0.15, 0.2) is 0 Å². The SMILES string of the molecule is CN(C[C@@H]1[C@H](I)N(Cc2ccccc2)CC1(F)F)C(=O)OC(C)(C)C. The molecule has 1 saturated heterocycles. The minimum absolute atomic E-state index is 0.0409. The van der Waals surface area contributed by atoms with Crippen molar-refractivity contribution in [3.05, 3.63) is 35.9 Å². The van der Waals surface area contributed by atoms with Crippen LogP contribution in [0.1, 0.15) is 26.3 Å². The average Bonchev–Trinajstić information content (AvgIpc) is 2.69. The van der Waals surface area contributed by atoms with Crippen molar-refractivity contribution in [1.29, 1.82) is 0 Å². The van der Waals surface area contributed by atoms with Crippen LogP contribution >= 0.6 is 22.6 Å². The standard InChI is InChI=1S/C18H25F2IN2O2/c1-17(2,3)25-16(24)22(4)11-14-15(21)23(12-18(14,19)20)10-13-8-6-5-7-9-13/h5-9,14-15H,10-12H2,1-4H3/t14-,15-/m1/s1. The molecule has 0 aliphatic carbocycles. The van der Waals surface area contributed by atoms with Crippen LogP contribution in [0.2, 0.25) is 0 Å². The number of hydrogen-bond donors (Lipinski definition) is 0. The van der Waals surface area contributed by atoms with Gasteiger partial charge in [-0.1, -0.05) is 52.9 Å². The summed E-state index contributed by atoms with van der Waals surface area (Å²) in [4.78, 5) is 15.1. The predicted molar refractivity (Wildman–Crippen MR) is 102 cm³/mol. The smallest absolute Gasteiger partial charge is 0.410 e. The number of alkyl halides is 3. The van der Waals surface area contributed by atoms with Crippen LogP contribution in [0, 0.1) is 5.92 Å². The Morgan fingerprint density at radius 2 is 1.96 bits per heavy atom. The third kappa shape index (κ3) is 5.51. The van der Waals surface area contributed by atoms with Crippen LogP contribution in [0.5, 0.6) is 0 Å². The number of nitrogens with zero attached hydrogens (tertiary/aromatic N) is 2. The number of hydrogen-bond acceptors (Lipinski definition) is 3. The average molecular weight is 466 g/mol. The highest BCUT2D eigenvalue weighted by molar-refractivity contribution is 14.1. The Labute approximate surface area is 161 Å². The van der Waals surface area contributed by atoms with Crippen LogP contribution in [0.15, 0.2) is 30.3 Å². The number of carbonyl (C=O) groups is 1. The highest BCUT2D eigenvalue weighted by atomic mass is 127. The summed E-state index contributed by atoms with van der Waals surface area (Å²) in [5.41, 5.74) is 0.355. The molecule has 140 valence electrons. The van der Waals surface area contributed by atoms with E-state index in [4.69, 9.17) is 4.74 Å². The van der Waals surface area contributed by atoms with Gasteiger partial charge in [-0.15, -0.1) is 0 Å². The first-order valence-corrected chi connectivity index (χ1v) is 9.48. The van der Waals surface area contributed by atoms with Crippen molar-refractivity contribution in [2.45, 2.75) is 42.9 Å². The topological polar surface area (TPSA) is 32.8 Å². The van der Waals surface area contributed by atoms with Crippen molar-refractivity contribution < 1.29 is 18.3 Å². The van der Waals surface area contributed by atoms with Gasteiger partial charge in [0.25, 0.3) is 5.92 Å². The quantitative estimate of drug-likeness (QED) is 0.375. The van der Waals surface area contributed by atoms with Gasteiger partial charge < -0.3 is 9.64 Å². The number of ether oxygens (including phenoxy) is 1. The molecule has 4 nitrogen and oxygen atoms in total. The molecule has 1 heterocycles. The number of benzene rings is 1. The largest absolute Gasteiger partial charge is 0.444 e. The van der Waals surface area contributed by atoms with E-state index in [-0.39, 0.29) is 17.1 Å². The van der Waals surface area contributed by atoms with Gasteiger partial charge >= 0.3 is 6.09 Å². The Bertz CT molecular complexity index is 592. The lowest BCUT2D eigenvalue weighted by atomic mass is 10.1. The van der Waals surface area contributed by atoms with E-state index in [9.17, 15) is 13.6 Å². The number of rotatable bonds is 4. The summed E-state index contributed by atoms with van der Waals surface area (Å²) < 4.78 is 34.0. The van der Waals surface area contributed by atoms with Gasteiger partial charge in [0.2, 0.25) is 0 Å². The zero-order chi connectivity index (χ0) is 18.8. The fourth-order valence-electron chi connectivity index (χ4n) is 2.82. The summed E-state index contributed by atoms with van der Waals surface area (Å²) in [6.45, 7) is 5.39. The molecular formula is C18H25F2IN2O2. The molecule has 0 spiro atoms. The second-order valence-electron chi connectivity index (χ2n) is 7.49. The highest BCUT2D eigenvalue weighted by Gasteiger charge is 2.53. The fourth-order valence-corrected chi connectivity index (χ4v) is 3.97. The van der Waals surface area contributed by atoms with Gasteiger partial charge in [-0.3, -0.25) is 4.90 Å². The Morgan fingerprint density at radius 3 is 2.52 bits per heavy atom. The number of carbonyl (C=O) groups excluding carboxylic acids is 1. The maximum Gasteiger partial charge on any atom is 0.410 e. The lowest BCUT2D eigenvalue weighted by molar-refractivity contribution is -0.0384. The molecule has 0 bridgehead atoms. The van der Waals surface area contributed by atoms with Crippen LogP contribution in [-0.4, -0.2) is 51.6 Å². The van der Waals surface area contributed by atoms with E-state index in [0.717, 1.165) is 5.56 Å². The van der Waals surface area contributed by atoms with E-state index < -0.39 is 23.5 Å². The zero-order valence-electron chi connectivity index (χ0n) is 15.0. The third-order valence-corrected chi connectivity index (χ3v) is 5.70. The zero-order valence-corrected chi connectivity index (χ0v) is 17.2. The molecule has 7 heteroatoms. The minimum atomic E-state index is -2.85. The molecule has 2 atom stereocenters. The lowest BCUT2D eigenvalue weighted by Gasteiger charge is -2.29. The number of amides is 1. The van der Waals surface area contributed by atoms with Gasteiger partial charge in [-0.25, -0.2) is 13.6 Å². The molecule has 1 fully saturated rings. The van der Waals surface area contributed by atoms with E-state index >= 15 is 0 Å². The summed E-state index contributed by atoms with van der Waals surface area (Å²) >= 11 is 2.06. The Morgan fingerprint density at radius 1 is 1.36 bits per heavy atom. The van der Waals surface area contributed by atoms with Crippen molar-refractivity contribution in [1.82, 2.24) is 9.80 Å². The molecule has 1 amide bonds. The summed E-state index contributed by atoms with van der Waals surface area (Å²) in [5.74, 6) is -3.79. The Balaban J connectivity index is 2.03. The summed E-state index contributed by atoms with van der Waals surface area (Å²) in [6.07, 6.45) is -0.576. The molecule has 0 aromatic heterocycles. The van der Waals surface area contributed by atoms with E-state index in [1.165, 1.54) is 11.9 Å². The molecule has 1 aromatic rings. The molecule has 0 unspecified atom stereocenters. The van der Waals surface area contributed by atoms with E-state index in [1.54, 1.807) is 25.7 Å². The normalized spacial score (nSPS) is 23.5.